The Morgan fingerprint density at radius 3 is 2.88 bits per heavy atom. The Morgan fingerprint density at radius 2 is 2.29 bits per heavy atom. The van der Waals surface area contributed by atoms with Crippen LogP contribution in [0.15, 0.2) is 18.2 Å². The molecule has 0 spiro atoms. The Morgan fingerprint density at radius 1 is 1.53 bits per heavy atom. The lowest BCUT2D eigenvalue weighted by Crippen LogP contribution is -2.27. The molecule has 1 aromatic rings. The van der Waals surface area contributed by atoms with Gasteiger partial charge in [-0.25, -0.2) is 4.79 Å². The maximum atomic E-state index is 11.7. The van der Waals surface area contributed by atoms with Crippen molar-refractivity contribution in [2.75, 3.05) is 17.7 Å². The molecule has 0 bridgehead atoms. The van der Waals surface area contributed by atoms with Crippen LogP contribution in [0.25, 0.3) is 0 Å². The van der Waals surface area contributed by atoms with Crippen molar-refractivity contribution in [3.05, 3.63) is 23.8 Å². The number of nitrogens with two attached hydrogens (primary N) is 1. The monoisotopic (exact) mass is 234 g/mol. The second-order valence-electron chi connectivity index (χ2n) is 4.26. The van der Waals surface area contributed by atoms with Crippen molar-refractivity contribution in [2.24, 2.45) is 0 Å². The van der Waals surface area contributed by atoms with Gasteiger partial charge in [0.25, 0.3) is 0 Å². The normalized spacial score (nSPS) is 15.1. The van der Waals surface area contributed by atoms with Gasteiger partial charge in [0, 0.05) is 6.04 Å². The summed E-state index contributed by atoms with van der Waals surface area (Å²) in [5.41, 5.74) is 7.74. The van der Waals surface area contributed by atoms with Gasteiger partial charge in [0.2, 0.25) is 0 Å². The van der Waals surface area contributed by atoms with E-state index in [0.717, 1.165) is 5.69 Å². The highest BCUT2D eigenvalue weighted by molar-refractivity contribution is 5.98. The highest BCUT2D eigenvalue weighted by atomic mass is 16.5. The Bertz CT molecular complexity index is 414. The van der Waals surface area contributed by atoms with Crippen molar-refractivity contribution >= 4 is 17.3 Å². The molecule has 1 aliphatic rings. The highest BCUT2D eigenvalue weighted by Gasteiger charge is 2.19. The maximum Gasteiger partial charge on any atom is 0.340 e. The number of ether oxygens (including phenoxy) is 1. The van der Waals surface area contributed by atoms with Gasteiger partial charge in [-0.1, -0.05) is 6.07 Å². The molecule has 0 saturated heterocycles. The molecule has 1 fully saturated rings. The summed E-state index contributed by atoms with van der Waals surface area (Å²) in [4.78, 5) is 11.7. The summed E-state index contributed by atoms with van der Waals surface area (Å²) < 4.78 is 4.96. The summed E-state index contributed by atoms with van der Waals surface area (Å²) in [6.45, 7) is 2.14. The topological polar surface area (TPSA) is 64.3 Å². The van der Waals surface area contributed by atoms with E-state index in [2.05, 4.69) is 5.32 Å². The summed E-state index contributed by atoms with van der Waals surface area (Å²) in [5.74, 6) is -0.359. The minimum Gasteiger partial charge on any atom is -0.462 e. The quantitative estimate of drug-likeness (QED) is 0.620. The number of para-hydroxylation sites is 1. The fourth-order valence-electron chi connectivity index (χ4n) is 1.85. The predicted octanol–water partition coefficient (Wildman–Crippen LogP) is 2.41. The Hall–Kier alpha value is -1.71. The molecule has 3 N–H and O–H groups in total. The molecule has 0 aliphatic heterocycles. The number of esters is 1. The van der Waals surface area contributed by atoms with E-state index in [4.69, 9.17) is 10.5 Å². The van der Waals surface area contributed by atoms with E-state index in [1.807, 2.05) is 12.1 Å². The molecule has 2 rings (SSSR count). The Balaban J connectivity index is 2.16. The highest BCUT2D eigenvalue weighted by Crippen LogP contribution is 2.28. The van der Waals surface area contributed by atoms with Crippen molar-refractivity contribution in [1.82, 2.24) is 0 Å². The summed E-state index contributed by atoms with van der Waals surface area (Å²) >= 11 is 0. The molecule has 0 heterocycles. The summed E-state index contributed by atoms with van der Waals surface area (Å²) in [5, 5.41) is 3.35. The first-order valence-corrected chi connectivity index (χ1v) is 6.04. The third kappa shape index (κ3) is 2.52. The van der Waals surface area contributed by atoms with Gasteiger partial charge >= 0.3 is 5.97 Å². The first-order chi connectivity index (χ1) is 8.22. The van der Waals surface area contributed by atoms with Crippen LogP contribution < -0.4 is 11.1 Å². The van der Waals surface area contributed by atoms with Gasteiger partial charge < -0.3 is 15.8 Å². The van der Waals surface area contributed by atoms with E-state index in [1.54, 1.807) is 13.0 Å². The molecule has 0 aromatic heterocycles. The van der Waals surface area contributed by atoms with Crippen LogP contribution >= 0.6 is 0 Å². The molecular weight excluding hydrogens is 216 g/mol. The molecular formula is C13H18N2O2. The largest absolute Gasteiger partial charge is 0.462 e. The molecule has 17 heavy (non-hydrogen) atoms. The van der Waals surface area contributed by atoms with Crippen molar-refractivity contribution in [2.45, 2.75) is 32.2 Å². The second-order valence-corrected chi connectivity index (χ2v) is 4.26. The maximum absolute atomic E-state index is 11.7. The van der Waals surface area contributed by atoms with Crippen molar-refractivity contribution in [1.29, 1.82) is 0 Å². The van der Waals surface area contributed by atoms with Crippen LogP contribution in [-0.4, -0.2) is 18.6 Å². The lowest BCUT2D eigenvalue weighted by atomic mass is 9.93. The van der Waals surface area contributed by atoms with E-state index < -0.39 is 0 Å². The van der Waals surface area contributed by atoms with Gasteiger partial charge in [0.1, 0.15) is 0 Å². The molecule has 92 valence electrons. The van der Waals surface area contributed by atoms with E-state index in [-0.39, 0.29) is 5.97 Å². The number of carbonyl (C=O) groups excluding carboxylic acids is 1. The zero-order valence-electron chi connectivity index (χ0n) is 10.0. The van der Waals surface area contributed by atoms with E-state index in [9.17, 15) is 4.79 Å². The molecule has 0 atom stereocenters. The minimum atomic E-state index is -0.359. The molecule has 0 unspecified atom stereocenters. The number of hydrogen-bond acceptors (Lipinski definition) is 4. The predicted molar refractivity (Wildman–Crippen MR) is 68.1 cm³/mol. The fourth-order valence-corrected chi connectivity index (χ4v) is 1.85. The average Bonchev–Trinajstić information content (AvgIpc) is 2.25. The van der Waals surface area contributed by atoms with E-state index in [1.165, 1.54) is 19.3 Å². The molecule has 0 radical (unpaired) electrons. The lowest BCUT2D eigenvalue weighted by molar-refractivity contribution is 0.0527. The number of rotatable bonds is 4. The number of benzene rings is 1. The van der Waals surface area contributed by atoms with Crippen LogP contribution in [0, 0.1) is 0 Å². The van der Waals surface area contributed by atoms with Crippen LogP contribution in [0.1, 0.15) is 36.5 Å². The zero-order valence-corrected chi connectivity index (χ0v) is 10.0. The first-order valence-electron chi connectivity index (χ1n) is 6.04. The van der Waals surface area contributed by atoms with Crippen LogP contribution in [0.2, 0.25) is 0 Å². The van der Waals surface area contributed by atoms with Crippen LogP contribution in [-0.2, 0) is 4.74 Å². The second kappa shape index (κ2) is 5.08. The number of nitrogen functional groups attached to an aromatic ring is 1. The molecule has 4 heteroatoms. The van der Waals surface area contributed by atoms with Gasteiger partial charge in [-0.2, -0.15) is 0 Å². The number of nitrogens with one attached hydrogen (secondary N) is 1. The Labute approximate surface area is 101 Å². The molecule has 0 amide bonds. The average molecular weight is 234 g/mol. The molecule has 1 aliphatic carbocycles. The number of anilines is 2. The number of carbonyl (C=O) groups is 1. The summed E-state index contributed by atoms with van der Waals surface area (Å²) in [6.07, 6.45) is 3.60. The molecule has 1 aromatic carbocycles. The zero-order chi connectivity index (χ0) is 12.3. The summed E-state index contributed by atoms with van der Waals surface area (Å²) in [6, 6.07) is 5.91. The van der Waals surface area contributed by atoms with Crippen LogP contribution in [0.4, 0.5) is 11.4 Å². The van der Waals surface area contributed by atoms with Crippen LogP contribution in [0.5, 0.6) is 0 Å². The van der Waals surface area contributed by atoms with E-state index in [0.29, 0.717) is 23.9 Å². The fraction of sp³-hybridized carbons (Fsp3) is 0.462. The van der Waals surface area contributed by atoms with Gasteiger partial charge in [0.05, 0.1) is 23.5 Å². The van der Waals surface area contributed by atoms with E-state index >= 15 is 0 Å². The van der Waals surface area contributed by atoms with Gasteiger partial charge in [-0.05, 0) is 38.3 Å². The molecule has 4 nitrogen and oxygen atoms in total. The molecule has 1 saturated carbocycles. The van der Waals surface area contributed by atoms with Crippen molar-refractivity contribution < 1.29 is 9.53 Å². The van der Waals surface area contributed by atoms with Gasteiger partial charge in [-0.15, -0.1) is 0 Å². The van der Waals surface area contributed by atoms with Crippen molar-refractivity contribution in [3.63, 3.8) is 0 Å². The third-order valence-electron chi connectivity index (χ3n) is 3.07. The van der Waals surface area contributed by atoms with Gasteiger partial charge in [0.15, 0.2) is 0 Å². The number of hydrogen-bond donors (Lipinski definition) is 2. The SMILES string of the molecule is CCOC(=O)c1cccc(NC2CCC2)c1N. The van der Waals surface area contributed by atoms with Crippen molar-refractivity contribution in [3.8, 4) is 0 Å². The first kappa shape index (κ1) is 11.8. The summed E-state index contributed by atoms with van der Waals surface area (Å²) in [7, 11) is 0. The smallest absolute Gasteiger partial charge is 0.340 e. The Kier molecular flexibility index (Phi) is 3.52. The minimum absolute atomic E-state index is 0.359. The third-order valence-corrected chi connectivity index (χ3v) is 3.07. The standard InChI is InChI=1S/C13H18N2O2/c1-2-17-13(16)10-7-4-8-11(12(10)14)15-9-5-3-6-9/h4,7-9,15H,2-3,5-6,14H2,1H3. The van der Waals surface area contributed by atoms with Gasteiger partial charge in [-0.3, -0.25) is 0 Å². The lowest BCUT2D eigenvalue weighted by Gasteiger charge is -2.28. The van der Waals surface area contributed by atoms with Crippen LogP contribution in [0.3, 0.4) is 0 Å².